The molecule has 1 aliphatic heterocycles. The molecule has 3 aromatic rings. The minimum Gasteiger partial charge on any atom is -0.456 e. The van der Waals surface area contributed by atoms with Gasteiger partial charge in [0.2, 0.25) is 0 Å². The van der Waals surface area contributed by atoms with Gasteiger partial charge in [0.1, 0.15) is 6.61 Å². The average molecular weight is 409 g/mol. The number of nitrogens with zero attached hydrogens (tertiary/aromatic N) is 1. The van der Waals surface area contributed by atoms with Crippen molar-refractivity contribution in [2.24, 2.45) is 0 Å². The number of carbonyl (C=O) groups is 3. The third-order valence-corrected chi connectivity index (χ3v) is 5.01. The molecule has 0 spiro atoms. The molecule has 0 unspecified atom stereocenters. The van der Waals surface area contributed by atoms with Crippen LogP contribution in [0.1, 0.15) is 21.5 Å². The molecule has 29 heavy (non-hydrogen) atoms. The first kappa shape index (κ1) is 19.0. The zero-order valence-electron chi connectivity index (χ0n) is 15.6. The number of amides is 1. The quantitative estimate of drug-likeness (QED) is 0.399. The summed E-state index contributed by atoms with van der Waals surface area (Å²) >= 11 is 5.96. The van der Waals surface area contributed by atoms with E-state index in [4.69, 9.17) is 16.3 Å². The Bertz CT molecular complexity index is 1180. The van der Waals surface area contributed by atoms with Gasteiger partial charge in [-0.05, 0) is 30.2 Å². The molecule has 2 aromatic carbocycles. The normalized spacial score (nSPS) is 13.3. The molecule has 0 bridgehead atoms. The maximum absolute atomic E-state index is 12.9. The second-order valence-corrected chi connectivity index (χ2v) is 7.27. The van der Waals surface area contributed by atoms with Gasteiger partial charge in [-0.2, -0.15) is 0 Å². The van der Waals surface area contributed by atoms with Crippen LogP contribution in [0.15, 0.2) is 60.4 Å². The summed E-state index contributed by atoms with van der Waals surface area (Å²) in [5, 5.41) is 3.81. The number of aryl methyl sites for hydroxylation is 1. The van der Waals surface area contributed by atoms with Gasteiger partial charge in [0.15, 0.2) is 0 Å². The first-order chi connectivity index (χ1) is 13.9. The topological polar surface area (TPSA) is 77.4 Å². The molecular formula is C22H17ClN2O4. The van der Waals surface area contributed by atoms with Crippen molar-refractivity contribution in [1.29, 1.82) is 0 Å². The summed E-state index contributed by atoms with van der Waals surface area (Å²) in [7, 11) is 0. The van der Waals surface area contributed by atoms with E-state index in [2.05, 4.69) is 5.32 Å². The third kappa shape index (κ3) is 3.79. The van der Waals surface area contributed by atoms with E-state index in [0.717, 1.165) is 16.6 Å². The summed E-state index contributed by atoms with van der Waals surface area (Å²) in [4.78, 5) is 36.4. The van der Waals surface area contributed by atoms with Crippen LogP contribution in [0.4, 0.5) is 0 Å². The standard InChI is InChI=1S/C22H17ClN2O4/c1-13-3-2-4-17-18(21(27)22(28)24-16-9-19(26)29-12-16)11-25(20(13)17)10-14-5-7-15(23)8-6-14/h2-9,11H,10,12H2,1H3,(H,24,28). The maximum atomic E-state index is 12.9. The minimum atomic E-state index is -0.804. The van der Waals surface area contributed by atoms with Crippen molar-refractivity contribution < 1.29 is 19.1 Å². The van der Waals surface area contributed by atoms with Crippen molar-refractivity contribution >= 4 is 40.2 Å². The van der Waals surface area contributed by atoms with Crippen LogP contribution in [0.2, 0.25) is 5.02 Å². The van der Waals surface area contributed by atoms with Crippen molar-refractivity contribution in [2.75, 3.05) is 6.61 Å². The number of rotatable bonds is 5. The van der Waals surface area contributed by atoms with Crippen molar-refractivity contribution in [3.8, 4) is 0 Å². The summed E-state index contributed by atoms with van der Waals surface area (Å²) in [6, 6.07) is 13.1. The van der Waals surface area contributed by atoms with E-state index in [-0.39, 0.29) is 12.3 Å². The summed E-state index contributed by atoms with van der Waals surface area (Å²) in [6.45, 7) is 2.44. The Labute approximate surface area is 171 Å². The number of Topliss-reactive ketones (excluding diaryl/α,β-unsaturated/α-hetero) is 1. The van der Waals surface area contributed by atoms with Crippen LogP contribution in [-0.4, -0.2) is 28.8 Å². The van der Waals surface area contributed by atoms with E-state index in [1.807, 2.05) is 54.0 Å². The molecule has 0 saturated heterocycles. The molecule has 0 saturated carbocycles. The van der Waals surface area contributed by atoms with Crippen LogP contribution in [0, 0.1) is 6.92 Å². The van der Waals surface area contributed by atoms with E-state index < -0.39 is 17.7 Å². The number of hydrogen-bond acceptors (Lipinski definition) is 4. The highest BCUT2D eigenvalue weighted by molar-refractivity contribution is 6.45. The van der Waals surface area contributed by atoms with Gasteiger partial charge in [-0.25, -0.2) is 4.79 Å². The fourth-order valence-electron chi connectivity index (χ4n) is 3.41. The van der Waals surface area contributed by atoms with E-state index in [9.17, 15) is 14.4 Å². The molecule has 6 nitrogen and oxygen atoms in total. The van der Waals surface area contributed by atoms with Crippen LogP contribution in [0.3, 0.4) is 0 Å². The Kier molecular flexibility index (Phi) is 4.94. The number of ether oxygens (including phenoxy) is 1. The largest absolute Gasteiger partial charge is 0.456 e. The lowest BCUT2D eigenvalue weighted by Crippen LogP contribution is -2.31. The van der Waals surface area contributed by atoms with E-state index in [0.29, 0.717) is 22.5 Å². The van der Waals surface area contributed by atoms with Crippen LogP contribution in [0.25, 0.3) is 10.9 Å². The van der Waals surface area contributed by atoms with Gasteiger partial charge in [0.25, 0.3) is 11.7 Å². The number of cyclic esters (lactones) is 1. The lowest BCUT2D eigenvalue weighted by molar-refractivity contribution is -0.135. The summed E-state index contributed by atoms with van der Waals surface area (Å²) in [5.74, 6) is -2.01. The van der Waals surface area contributed by atoms with Crippen LogP contribution in [0.5, 0.6) is 0 Å². The number of benzene rings is 2. The van der Waals surface area contributed by atoms with Crippen molar-refractivity contribution in [2.45, 2.75) is 13.5 Å². The van der Waals surface area contributed by atoms with Crippen LogP contribution >= 0.6 is 11.6 Å². The molecule has 2 heterocycles. The monoisotopic (exact) mass is 408 g/mol. The molecule has 0 fully saturated rings. The number of nitrogens with one attached hydrogen (secondary N) is 1. The third-order valence-electron chi connectivity index (χ3n) is 4.75. The predicted molar refractivity (Wildman–Crippen MR) is 109 cm³/mol. The number of halogens is 1. The molecule has 0 aliphatic carbocycles. The fourth-order valence-corrected chi connectivity index (χ4v) is 3.54. The number of carbonyl (C=O) groups excluding carboxylic acids is 3. The highest BCUT2D eigenvalue weighted by Gasteiger charge is 2.24. The number of aromatic nitrogens is 1. The van der Waals surface area contributed by atoms with Gasteiger partial charge >= 0.3 is 5.97 Å². The summed E-state index contributed by atoms with van der Waals surface area (Å²) in [5.41, 5.74) is 3.48. The summed E-state index contributed by atoms with van der Waals surface area (Å²) < 4.78 is 6.70. The highest BCUT2D eigenvalue weighted by atomic mass is 35.5. The molecule has 1 aromatic heterocycles. The predicted octanol–water partition coefficient (Wildman–Crippen LogP) is 3.39. The first-order valence-electron chi connectivity index (χ1n) is 8.98. The molecule has 4 rings (SSSR count). The molecule has 0 atom stereocenters. The van der Waals surface area contributed by atoms with Gasteiger partial charge in [-0.15, -0.1) is 0 Å². The lowest BCUT2D eigenvalue weighted by Gasteiger charge is -2.07. The smallest absolute Gasteiger partial charge is 0.333 e. The molecule has 1 aliphatic rings. The summed E-state index contributed by atoms with van der Waals surface area (Å²) in [6.07, 6.45) is 2.86. The Morgan fingerprint density at radius 1 is 1.17 bits per heavy atom. The van der Waals surface area contributed by atoms with Gasteiger partial charge in [-0.3, -0.25) is 9.59 Å². The molecule has 1 amide bonds. The molecule has 0 radical (unpaired) electrons. The van der Waals surface area contributed by atoms with Gasteiger partial charge in [0, 0.05) is 29.2 Å². The van der Waals surface area contributed by atoms with E-state index in [1.165, 1.54) is 6.08 Å². The average Bonchev–Trinajstić information content (AvgIpc) is 3.27. The van der Waals surface area contributed by atoms with E-state index in [1.54, 1.807) is 6.20 Å². The molecule has 146 valence electrons. The lowest BCUT2D eigenvalue weighted by atomic mass is 10.1. The van der Waals surface area contributed by atoms with Crippen molar-refractivity contribution in [3.05, 3.63) is 82.1 Å². The van der Waals surface area contributed by atoms with Crippen molar-refractivity contribution in [1.82, 2.24) is 9.88 Å². The Hall–Kier alpha value is -3.38. The number of para-hydroxylation sites is 1. The molecule has 7 heteroatoms. The van der Waals surface area contributed by atoms with E-state index >= 15 is 0 Å². The maximum Gasteiger partial charge on any atom is 0.333 e. The van der Waals surface area contributed by atoms with Crippen molar-refractivity contribution in [3.63, 3.8) is 0 Å². The Balaban J connectivity index is 1.69. The number of fused-ring (bicyclic) bond motifs is 1. The first-order valence-corrected chi connectivity index (χ1v) is 9.36. The Morgan fingerprint density at radius 2 is 1.93 bits per heavy atom. The Morgan fingerprint density at radius 3 is 2.62 bits per heavy atom. The number of ketones is 1. The highest BCUT2D eigenvalue weighted by Crippen LogP contribution is 2.26. The second-order valence-electron chi connectivity index (χ2n) is 6.83. The minimum absolute atomic E-state index is 0.0463. The second kappa shape index (κ2) is 7.56. The van der Waals surface area contributed by atoms with Gasteiger partial charge in [-0.1, -0.05) is 41.9 Å². The van der Waals surface area contributed by atoms with Gasteiger partial charge in [0.05, 0.1) is 16.8 Å². The SMILES string of the molecule is Cc1cccc2c(C(=O)C(=O)NC3=CC(=O)OC3)cn(Cc3ccc(Cl)cc3)c12. The fraction of sp³-hybridized carbons (Fsp3) is 0.136. The molecule has 1 N–H and O–H groups in total. The zero-order valence-corrected chi connectivity index (χ0v) is 16.3. The number of esters is 1. The number of hydrogen-bond donors (Lipinski definition) is 1. The van der Waals surface area contributed by atoms with Crippen LogP contribution in [-0.2, 0) is 20.9 Å². The van der Waals surface area contributed by atoms with Gasteiger partial charge < -0.3 is 14.6 Å². The molecular weight excluding hydrogens is 392 g/mol. The zero-order chi connectivity index (χ0) is 20.5. The van der Waals surface area contributed by atoms with Crippen LogP contribution < -0.4 is 5.32 Å².